The van der Waals surface area contributed by atoms with Crippen molar-refractivity contribution in [1.82, 2.24) is 14.8 Å². The highest BCUT2D eigenvalue weighted by Gasteiger charge is 2.33. The molecular weight excluding hydrogens is 384 g/mol. The molecule has 0 aromatic carbocycles. The van der Waals surface area contributed by atoms with E-state index in [1.54, 1.807) is 11.3 Å². The zero-order valence-corrected chi connectivity index (χ0v) is 17.4. The number of pyridine rings is 1. The van der Waals surface area contributed by atoms with Crippen LogP contribution in [0.3, 0.4) is 0 Å². The average molecular weight is 413 g/mol. The number of anilines is 1. The van der Waals surface area contributed by atoms with Crippen LogP contribution in [0.2, 0.25) is 0 Å². The maximum atomic E-state index is 10.8. The van der Waals surface area contributed by atoms with Crippen molar-refractivity contribution < 1.29 is 10.2 Å². The topological polar surface area (TPSA) is 63.1 Å². The Morgan fingerprint density at radius 1 is 1.17 bits per heavy atom. The van der Waals surface area contributed by atoms with E-state index in [0.717, 1.165) is 57.1 Å². The van der Waals surface area contributed by atoms with E-state index in [1.165, 1.54) is 4.88 Å². The van der Waals surface area contributed by atoms with Crippen LogP contribution in [0.1, 0.15) is 16.9 Å². The van der Waals surface area contributed by atoms with Crippen molar-refractivity contribution in [3.05, 3.63) is 46.3 Å². The second-order valence-corrected chi connectivity index (χ2v) is 8.63. The molecule has 4 rings (SSSR count). The van der Waals surface area contributed by atoms with Gasteiger partial charge in [-0.2, -0.15) is 0 Å². The second-order valence-electron chi connectivity index (χ2n) is 7.63. The number of piperidine rings is 1. The number of thiophene rings is 1. The molecule has 0 unspecified atom stereocenters. The van der Waals surface area contributed by atoms with Crippen molar-refractivity contribution in [3.63, 3.8) is 0 Å². The molecule has 2 fully saturated rings. The Bertz CT molecular complexity index is 839. The predicted molar refractivity (Wildman–Crippen MR) is 116 cm³/mol. The monoisotopic (exact) mass is 412 g/mol. The number of rotatable bonds is 4. The SMILES string of the molecule is OCC#Cc1csc(CN2CC[C@@H](N3CCN(c4ccccn4)CC3)[C@H](O)C2)c1. The summed E-state index contributed by atoms with van der Waals surface area (Å²) in [5, 5.41) is 21.7. The Hall–Kier alpha value is -1.95. The van der Waals surface area contributed by atoms with E-state index in [9.17, 15) is 5.11 Å². The lowest BCUT2D eigenvalue weighted by molar-refractivity contribution is -0.0169. The molecule has 0 saturated carbocycles. The van der Waals surface area contributed by atoms with Crippen molar-refractivity contribution in [1.29, 1.82) is 0 Å². The maximum Gasteiger partial charge on any atom is 0.128 e. The Kier molecular flexibility index (Phi) is 6.80. The highest BCUT2D eigenvalue weighted by molar-refractivity contribution is 7.10. The van der Waals surface area contributed by atoms with Gasteiger partial charge in [-0.05, 0) is 24.6 Å². The van der Waals surface area contributed by atoms with Crippen LogP contribution >= 0.6 is 11.3 Å². The molecule has 0 bridgehead atoms. The summed E-state index contributed by atoms with van der Waals surface area (Å²) in [6.45, 7) is 6.29. The number of hydrogen-bond donors (Lipinski definition) is 2. The lowest BCUT2D eigenvalue weighted by atomic mass is 9.99. The third kappa shape index (κ3) is 5.16. The number of aliphatic hydroxyl groups is 2. The number of aliphatic hydroxyl groups excluding tert-OH is 2. The van der Waals surface area contributed by atoms with Gasteiger partial charge in [0.2, 0.25) is 0 Å². The van der Waals surface area contributed by atoms with E-state index in [-0.39, 0.29) is 18.8 Å². The summed E-state index contributed by atoms with van der Waals surface area (Å²) in [6, 6.07) is 8.37. The van der Waals surface area contributed by atoms with Crippen molar-refractivity contribution in [2.24, 2.45) is 0 Å². The first-order valence-corrected chi connectivity index (χ1v) is 11.1. The normalized spacial score (nSPS) is 23.6. The minimum atomic E-state index is -0.321. The molecule has 2 saturated heterocycles. The van der Waals surface area contributed by atoms with E-state index < -0.39 is 0 Å². The van der Waals surface area contributed by atoms with E-state index in [0.29, 0.717) is 6.54 Å². The minimum absolute atomic E-state index is 0.110. The molecule has 2 atom stereocenters. The highest BCUT2D eigenvalue weighted by Crippen LogP contribution is 2.23. The van der Waals surface area contributed by atoms with Gasteiger partial charge in [0, 0.05) is 73.9 Å². The van der Waals surface area contributed by atoms with Crippen LogP contribution in [-0.4, -0.2) is 83.0 Å². The summed E-state index contributed by atoms with van der Waals surface area (Å²) in [6.07, 6.45) is 2.52. The molecule has 4 heterocycles. The molecule has 29 heavy (non-hydrogen) atoms. The van der Waals surface area contributed by atoms with Crippen LogP contribution in [0.4, 0.5) is 5.82 Å². The van der Waals surface area contributed by atoms with Gasteiger partial charge in [0.1, 0.15) is 12.4 Å². The fourth-order valence-electron chi connectivity index (χ4n) is 4.27. The predicted octanol–water partition coefficient (Wildman–Crippen LogP) is 1.24. The van der Waals surface area contributed by atoms with Gasteiger partial charge in [0.15, 0.2) is 0 Å². The van der Waals surface area contributed by atoms with Crippen molar-refractivity contribution in [3.8, 4) is 11.8 Å². The van der Waals surface area contributed by atoms with E-state index in [4.69, 9.17) is 5.11 Å². The number of piperazine rings is 1. The third-order valence-electron chi connectivity index (χ3n) is 5.73. The summed E-state index contributed by atoms with van der Waals surface area (Å²) in [4.78, 5) is 12.8. The number of likely N-dealkylation sites (tertiary alicyclic amines) is 1. The van der Waals surface area contributed by atoms with E-state index in [1.807, 2.05) is 23.7 Å². The highest BCUT2D eigenvalue weighted by atomic mass is 32.1. The first-order chi connectivity index (χ1) is 14.2. The molecule has 0 aliphatic carbocycles. The molecule has 6 nitrogen and oxygen atoms in total. The smallest absolute Gasteiger partial charge is 0.128 e. The quantitative estimate of drug-likeness (QED) is 0.737. The molecule has 0 radical (unpaired) electrons. The Morgan fingerprint density at radius 2 is 2.03 bits per heavy atom. The molecule has 2 N–H and O–H groups in total. The van der Waals surface area contributed by atoms with Crippen LogP contribution in [0.5, 0.6) is 0 Å². The number of hydrogen-bond acceptors (Lipinski definition) is 7. The fourth-order valence-corrected chi connectivity index (χ4v) is 5.13. The molecular formula is C22H28N4O2S. The Labute approximate surface area is 176 Å². The molecule has 2 aromatic heterocycles. The molecule has 2 aromatic rings. The van der Waals surface area contributed by atoms with Crippen LogP contribution < -0.4 is 4.90 Å². The molecule has 7 heteroatoms. The summed E-state index contributed by atoms with van der Waals surface area (Å²) < 4.78 is 0. The van der Waals surface area contributed by atoms with Gasteiger partial charge in [0.25, 0.3) is 0 Å². The Balaban J connectivity index is 1.27. The first-order valence-electron chi connectivity index (χ1n) is 10.2. The molecule has 0 spiro atoms. The van der Waals surface area contributed by atoms with Crippen LogP contribution in [0, 0.1) is 11.8 Å². The number of β-amino-alcohol motifs (C(OH)–C–C–N with tert-alkyl or cyclic N) is 1. The number of nitrogens with zero attached hydrogens (tertiary/aromatic N) is 4. The van der Waals surface area contributed by atoms with Gasteiger partial charge in [-0.25, -0.2) is 4.98 Å². The van der Waals surface area contributed by atoms with Gasteiger partial charge in [-0.3, -0.25) is 9.80 Å². The summed E-state index contributed by atoms with van der Waals surface area (Å²) >= 11 is 1.69. The maximum absolute atomic E-state index is 10.8. The zero-order chi connectivity index (χ0) is 20.1. The summed E-state index contributed by atoms with van der Waals surface area (Å²) in [5.41, 5.74) is 0.959. The van der Waals surface area contributed by atoms with Crippen molar-refractivity contribution in [2.45, 2.75) is 25.1 Å². The average Bonchev–Trinajstić information content (AvgIpc) is 3.20. The number of aromatic nitrogens is 1. The standard InChI is InChI=1S/C22H28N4O2S/c27-13-3-4-18-14-19(29-17-18)15-24-8-6-20(21(28)16-24)25-9-11-26(12-10-25)22-5-1-2-7-23-22/h1-2,5,7,14,17,20-21,27-28H,6,8-13,15-16H2/t20-,21-/m1/s1. The molecule has 154 valence electrons. The summed E-state index contributed by atoms with van der Waals surface area (Å²) in [7, 11) is 0. The first kappa shape index (κ1) is 20.3. The lowest BCUT2D eigenvalue weighted by Gasteiger charge is -2.45. The van der Waals surface area contributed by atoms with E-state index in [2.05, 4.69) is 43.7 Å². The van der Waals surface area contributed by atoms with Crippen molar-refractivity contribution in [2.75, 3.05) is 50.8 Å². The lowest BCUT2D eigenvalue weighted by Crippen LogP contribution is -2.58. The fraction of sp³-hybridized carbons (Fsp3) is 0.500. The molecule has 0 amide bonds. The van der Waals surface area contributed by atoms with Gasteiger partial charge in [-0.1, -0.05) is 17.9 Å². The van der Waals surface area contributed by atoms with Gasteiger partial charge < -0.3 is 15.1 Å². The van der Waals surface area contributed by atoms with Gasteiger partial charge in [0.05, 0.1) is 6.10 Å². The summed E-state index contributed by atoms with van der Waals surface area (Å²) in [5.74, 6) is 6.69. The van der Waals surface area contributed by atoms with Crippen LogP contribution in [-0.2, 0) is 6.54 Å². The van der Waals surface area contributed by atoms with Gasteiger partial charge >= 0.3 is 0 Å². The van der Waals surface area contributed by atoms with Gasteiger partial charge in [-0.15, -0.1) is 11.3 Å². The molecule has 2 aliphatic heterocycles. The van der Waals surface area contributed by atoms with Crippen LogP contribution in [0.25, 0.3) is 0 Å². The second kappa shape index (κ2) is 9.70. The van der Waals surface area contributed by atoms with Crippen molar-refractivity contribution >= 4 is 17.2 Å². The molecule has 2 aliphatic rings. The third-order valence-corrected chi connectivity index (χ3v) is 6.65. The largest absolute Gasteiger partial charge is 0.390 e. The van der Waals surface area contributed by atoms with Crippen LogP contribution in [0.15, 0.2) is 35.8 Å². The minimum Gasteiger partial charge on any atom is -0.390 e. The Morgan fingerprint density at radius 3 is 2.76 bits per heavy atom. The zero-order valence-electron chi connectivity index (χ0n) is 16.6. The van der Waals surface area contributed by atoms with E-state index >= 15 is 0 Å².